The molecule has 0 heterocycles. The monoisotopic (exact) mass is 196 g/mol. The molecular weight excluding hydrogens is 183 g/mol. The number of ether oxygens (including phenoxy) is 1. The molecule has 0 saturated heterocycles. The van der Waals surface area contributed by atoms with Crippen molar-refractivity contribution in [1.82, 2.24) is 0 Å². The Morgan fingerprint density at radius 3 is 2.86 bits per heavy atom. The molecule has 2 rings (SSSR count). The maximum Gasteiger partial charge on any atom is 0.126 e. The van der Waals surface area contributed by atoms with E-state index in [4.69, 9.17) is 4.74 Å². The van der Waals surface area contributed by atoms with Crippen LogP contribution in [0.3, 0.4) is 0 Å². The Balaban J connectivity index is 2.03. The first-order valence-corrected chi connectivity index (χ1v) is 4.86. The molecule has 14 heavy (non-hydrogen) atoms. The fraction of sp³-hybridized carbons (Fsp3) is 0.455. The first-order chi connectivity index (χ1) is 6.75. The van der Waals surface area contributed by atoms with E-state index in [0.717, 1.165) is 19.3 Å². The van der Waals surface area contributed by atoms with Gasteiger partial charge in [0.25, 0.3) is 0 Å². The van der Waals surface area contributed by atoms with Crippen molar-refractivity contribution in [1.29, 1.82) is 0 Å². The van der Waals surface area contributed by atoms with Crippen LogP contribution in [0.1, 0.15) is 19.3 Å². The molecule has 0 aliphatic heterocycles. The van der Waals surface area contributed by atoms with Crippen LogP contribution >= 0.6 is 0 Å². The highest BCUT2D eigenvalue weighted by molar-refractivity contribution is 5.22. The van der Waals surface area contributed by atoms with Gasteiger partial charge in [-0.1, -0.05) is 6.07 Å². The minimum Gasteiger partial charge on any atom is -0.488 e. The quantitative estimate of drug-likeness (QED) is 0.785. The summed E-state index contributed by atoms with van der Waals surface area (Å²) in [6, 6.07) is 6.02. The summed E-state index contributed by atoms with van der Waals surface area (Å²) in [5, 5.41) is 9.50. The Bertz CT molecular complexity index is 314. The first-order valence-electron chi connectivity index (χ1n) is 4.86. The third-order valence-electron chi connectivity index (χ3n) is 2.50. The Morgan fingerprint density at radius 1 is 1.36 bits per heavy atom. The lowest BCUT2D eigenvalue weighted by atomic mass is 10.2. The highest BCUT2D eigenvalue weighted by Crippen LogP contribution is 2.24. The third-order valence-corrected chi connectivity index (χ3v) is 2.50. The average molecular weight is 196 g/mol. The van der Waals surface area contributed by atoms with Crippen molar-refractivity contribution < 1.29 is 14.2 Å². The lowest BCUT2D eigenvalue weighted by molar-refractivity contribution is 0.0602. The molecule has 0 amide bonds. The second-order valence-electron chi connectivity index (χ2n) is 3.61. The molecule has 1 aromatic rings. The normalized spacial score (nSPS) is 26.4. The average Bonchev–Trinajstić information content (AvgIpc) is 2.52. The van der Waals surface area contributed by atoms with Crippen molar-refractivity contribution in [3.05, 3.63) is 30.1 Å². The van der Waals surface area contributed by atoms with Crippen LogP contribution in [0, 0.1) is 5.82 Å². The molecule has 1 fully saturated rings. The molecule has 0 unspecified atom stereocenters. The lowest BCUT2D eigenvalue weighted by Crippen LogP contribution is -2.25. The number of aliphatic hydroxyl groups excluding tert-OH is 1. The molecule has 0 bridgehead atoms. The predicted octanol–water partition coefficient (Wildman–Crippen LogP) is 2.12. The van der Waals surface area contributed by atoms with E-state index in [1.54, 1.807) is 12.1 Å². The summed E-state index contributed by atoms with van der Waals surface area (Å²) in [4.78, 5) is 0. The van der Waals surface area contributed by atoms with Crippen molar-refractivity contribution in [2.24, 2.45) is 0 Å². The van der Waals surface area contributed by atoms with Gasteiger partial charge in [0.15, 0.2) is 0 Å². The van der Waals surface area contributed by atoms with Gasteiger partial charge in [-0.25, -0.2) is 4.39 Å². The maximum absolute atomic E-state index is 12.8. The maximum atomic E-state index is 12.8. The topological polar surface area (TPSA) is 29.5 Å². The van der Waals surface area contributed by atoms with Gasteiger partial charge in [0.2, 0.25) is 0 Å². The molecule has 1 N–H and O–H groups in total. The zero-order valence-electron chi connectivity index (χ0n) is 7.82. The van der Waals surface area contributed by atoms with E-state index in [1.165, 1.54) is 12.1 Å². The minimum atomic E-state index is -0.404. The van der Waals surface area contributed by atoms with Crippen molar-refractivity contribution in [2.75, 3.05) is 0 Å². The van der Waals surface area contributed by atoms with Gasteiger partial charge < -0.3 is 9.84 Å². The van der Waals surface area contributed by atoms with Gasteiger partial charge >= 0.3 is 0 Å². The molecule has 1 saturated carbocycles. The molecule has 3 heteroatoms. The highest BCUT2D eigenvalue weighted by Gasteiger charge is 2.26. The summed E-state index contributed by atoms with van der Waals surface area (Å²) < 4.78 is 18.3. The number of aliphatic hydroxyl groups is 1. The zero-order valence-corrected chi connectivity index (χ0v) is 7.82. The number of hydrogen-bond donors (Lipinski definition) is 1. The summed E-state index contributed by atoms with van der Waals surface area (Å²) in [7, 11) is 0. The highest BCUT2D eigenvalue weighted by atomic mass is 19.1. The van der Waals surface area contributed by atoms with Gasteiger partial charge in [0, 0.05) is 6.07 Å². The standard InChI is InChI=1S/C11H13FO2/c12-8-3-1-4-9(7-8)14-11-6-2-5-10(11)13/h1,3-4,7,10-11,13H,2,5-6H2/t10-,11-/m0/s1. The van der Waals surface area contributed by atoms with E-state index in [-0.39, 0.29) is 11.9 Å². The molecule has 2 nitrogen and oxygen atoms in total. The van der Waals surface area contributed by atoms with Gasteiger partial charge in [0.1, 0.15) is 17.7 Å². The third kappa shape index (κ3) is 2.04. The Hall–Kier alpha value is -1.09. The Labute approximate surface area is 82.3 Å². The van der Waals surface area contributed by atoms with Gasteiger partial charge in [-0.3, -0.25) is 0 Å². The van der Waals surface area contributed by atoms with Crippen LogP contribution in [0.4, 0.5) is 4.39 Å². The van der Waals surface area contributed by atoms with Crippen LogP contribution in [0.2, 0.25) is 0 Å². The van der Waals surface area contributed by atoms with Gasteiger partial charge in [-0.2, -0.15) is 0 Å². The van der Waals surface area contributed by atoms with Crippen LogP contribution in [0.25, 0.3) is 0 Å². The fourth-order valence-corrected chi connectivity index (χ4v) is 1.76. The van der Waals surface area contributed by atoms with Gasteiger partial charge in [-0.15, -0.1) is 0 Å². The lowest BCUT2D eigenvalue weighted by Gasteiger charge is -2.16. The summed E-state index contributed by atoms with van der Waals surface area (Å²) >= 11 is 0. The molecule has 1 aliphatic rings. The number of hydrogen-bond acceptors (Lipinski definition) is 2. The van der Waals surface area contributed by atoms with Crippen LogP contribution in [-0.4, -0.2) is 17.3 Å². The van der Waals surface area contributed by atoms with Crippen LogP contribution in [0.5, 0.6) is 5.75 Å². The predicted molar refractivity (Wildman–Crippen MR) is 50.7 cm³/mol. The van der Waals surface area contributed by atoms with Gasteiger partial charge in [0.05, 0.1) is 6.10 Å². The molecule has 1 aliphatic carbocycles. The van der Waals surface area contributed by atoms with Crippen LogP contribution in [-0.2, 0) is 0 Å². The van der Waals surface area contributed by atoms with E-state index >= 15 is 0 Å². The van der Waals surface area contributed by atoms with Gasteiger partial charge in [-0.05, 0) is 31.4 Å². The fourth-order valence-electron chi connectivity index (χ4n) is 1.76. The molecule has 0 radical (unpaired) electrons. The number of halogens is 1. The zero-order chi connectivity index (χ0) is 9.97. The van der Waals surface area contributed by atoms with Crippen LogP contribution < -0.4 is 4.74 Å². The van der Waals surface area contributed by atoms with Crippen molar-refractivity contribution in [3.63, 3.8) is 0 Å². The molecule has 0 aromatic heterocycles. The second-order valence-corrected chi connectivity index (χ2v) is 3.61. The SMILES string of the molecule is O[C@H]1CCC[C@@H]1Oc1cccc(F)c1. The van der Waals surface area contributed by atoms with E-state index in [1.807, 2.05) is 0 Å². The summed E-state index contributed by atoms with van der Waals surface area (Å²) in [5.41, 5.74) is 0. The summed E-state index contributed by atoms with van der Waals surface area (Å²) in [5.74, 6) is 0.186. The number of rotatable bonds is 2. The van der Waals surface area contributed by atoms with E-state index in [9.17, 15) is 9.50 Å². The Morgan fingerprint density at radius 2 is 2.21 bits per heavy atom. The van der Waals surface area contributed by atoms with E-state index in [0.29, 0.717) is 5.75 Å². The smallest absolute Gasteiger partial charge is 0.126 e. The van der Waals surface area contributed by atoms with E-state index < -0.39 is 6.10 Å². The Kier molecular flexibility index (Phi) is 2.68. The first kappa shape index (κ1) is 9.46. The molecular formula is C11H13FO2. The summed E-state index contributed by atoms with van der Waals surface area (Å²) in [6.07, 6.45) is 2.02. The number of benzene rings is 1. The van der Waals surface area contributed by atoms with Crippen molar-refractivity contribution >= 4 is 0 Å². The molecule has 76 valence electrons. The second kappa shape index (κ2) is 3.96. The molecule has 0 spiro atoms. The van der Waals surface area contributed by atoms with Crippen molar-refractivity contribution in [3.8, 4) is 5.75 Å². The minimum absolute atomic E-state index is 0.170. The van der Waals surface area contributed by atoms with E-state index in [2.05, 4.69) is 0 Å². The largest absolute Gasteiger partial charge is 0.488 e. The van der Waals surface area contributed by atoms with Crippen molar-refractivity contribution in [2.45, 2.75) is 31.5 Å². The molecule has 1 aromatic carbocycles. The summed E-state index contributed by atoms with van der Waals surface area (Å²) in [6.45, 7) is 0. The van der Waals surface area contributed by atoms with Crippen LogP contribution in [0.15, 0.2) is 24.3 Å². The molecule has 2 atom stereocenters.